The van der Waals surface area contributed by atoms with Gasteiger partial charge < -0.3 is 33.8 Å². The van der Waals surface area contributed by atoms with Crippen molar-refractivity contribution in [2.24, 2.45) is 5.92 Å². The molecule has 0 fully saturated rings. The van der Waals surface area contributed by atoms with Crippen molar-refractivity contribution in [1.82, 2.24) is 0 Å². The summed E-state index contributed by atoms with van der Waals surface area (Å²) in [5, 5.41) is 10.7. The van der Waals surface area contributed by atoms with Crippen LogP contribution in [0.25, 0.3) is 0 Å². The fraction of sp³-hybridized carbons (Fsp3) is 0.906. The van der Waals surface area contributed by atoms with Crippen molar-refractivity contribution >= 4 is 39.5 Å². The minimum Gasteiger partial charge on any atom is -0.462 e. The Morgan fingerprint density at radius 2 is 0.519 bits per heavy atom. The Labute approximate surface area is 637 Å². The van der Waals surface area contributed by atoms with E-state index in [1.807, 2.05) is 0 Å². The number of phosphoric acid groups is 2. The molecule has 0 amide bonds. The van der Waals surface area contributed by atoms with Crippen LogP contribution in [0.1, 0.15) is 433 Å². The number of carbonyl (C=O) groups excluding carboxylic acids is 4. The summed E-state index contributed by atoms with van der Waals surface area (Å²) in [5.41, 5.74) is 0. The zero-order valence-electron chi connectivity index (χ0n) is 67.7. The standard InChI is InChI=1S/C85H162O17P2/c1-6-9-12-15-18-21-24-27-29-30-31-32-33-34-35-37-40-45-50-55-60-65-70-84(89)101-80(74-96-83(88)69-64-59-54-49-44-39-36-28-25-22-19-16-13-10-7-2)76-99-103(91,92)97-72-79(86)73-98-104(93,94)100-77-81(75-95-82(87)68-63-58-53-48-43-38-26-23-20-17-14-11-8-3)102-85(90)71-66-61-56-51-46-41-42-47-52-57-62-67-78(4)5/h22,25,28,36,78-81,86H,6-21,23-24,26-27,29-35,37-77H2,1-5H3,(H,91,92)(H,93,94)/b25-22-,36-28-/t79-,80-,81-/m1/s1. The molecule has 17 nitrogen and oxygen atoms in total. The molecule has 3 N–H and O–H groups in total. The van der Waals surface area contributed by atoms with E-state index >= 15 is 0 Å². The highest BCUT2D eigenvalue weighted by atomic mass is 31.2. The van der Waals surface area contributed by atoms with Crippen molar-refractivity contribution in [2.75, 3.05) is 39.6 Å². The minimum atomic E-state index is -4.97. The molecule has 0 aliphatic rings. The second kappa shape index (κ2) is 77.3. The number of phosphoric ester groups is 2. The van der Waals surface area contributed by atoms with Crippen LogP contribution in [0.5, 0.6) is 0 Å². The number of rotatable bonds is 83. The van der Waals surface area contributed by atoms with Crippen LogP contribution in [0.2, 0.25) is 0 Å². The molecule has 0 aromatic heterocycles. The summed E-state index contributed by atoms with van der Waals surface area (Å²) in [6.45, 7) is 7.29. The molecule has 2 unspecified atom stereocenters. The highest BCUT2D eigenvalue weighted by Crippen LogP contribution is 2.45. The van der Waals surface area contributed by atoms with Crippen molar-refractivity contribution in [2.45, 2.75) is 451 Å². The van der Waals surface area contributed by atoms with Crippen LogP contribution in [-0.2, 0) is 65.4 Å². The summed E-state index contributed by atoms with van der Waals surface area (Å²) in [4.78, 5) is 73.2. The van der Waals surface area contributed by atoms with Gasteiger partial charge in [0.25, 0.3) is 0 Å². The molecular formula is C85H162O17P2. The summed E-state index contributed by atoms with van der Waals surface area (Å²) < 4.78 is 68.8. The van der Waals surface area contributed by atoms with Crippen LogP contribution in [0, 0.1) is 5.92 Å². The van der Waals surface area contributed by atoms with Crippen molar-refractivity contribution < 1.29 is 80.2 Å². The summed E-state index contributed by atoms with van der Waals surface area (Å²) >= 11 is 0. The summed E-state index contributed by atoms with van der Waals surface area (Å²) in [5.74, 6) is -1.37. The van der Waals surface area contributed by atoms with Gasteiger partial charge in [-0.3, -0.25) is 37.3 Å². The van der Waals surface area contributed by atoms with Crippen molar-refractivity contribution in [3.8, 4) is 0 Å². The SMILES string of the molecule is CCCCCC/C=C\C=C/CCCCCCCC(=O)OC[C@H](COP(=O)(O)OC[C@@H](O)COP(=O)(O)OC[C@@H](COC(=O)CCCCCCCCCCCCCCC)OC(=O)CCCCCCCCCCCCCC(C)C)OC(=O)CCCCCCCCCCCCCCCCCCCCCCCC. The molecule has 0 bridgehead atoms. The first-order chi connectivity index (χ1) is 50.5. The molecule has 0 aromatic carbocycles. The Bertz CT molecular complexity index is 2070. The average Bonchev–Trinajstić information content (AvgIpc) is 0.917. The number of ether oxygens (including phenoxy) is 4. The van der Waals surface area contributed by atoms with Gasteiger partial charge in [-0.2, -0.15) is 0 Å². The lowest BCUT2D eigenvalue weighted by molar-refractivity contribution is -0.161. The number of allylic oxidation sites excluding steroid dienone is 4. The largest absolute Gasteiger partial charge is 0.472 e. The van der Waals surface area contributed by atoms with Crippen LogP contribution < -0.4 is 0 Å². The van der Waals surface area contributed by atoms with E-state index in [4.69, 9.17) is 37.0 Å². The molecule has 0 radical (unpaired) electrons. The van der Waals surface area contributed by atoms with Gasteiger partial charge >= 0.3 is 39.5 Å². The lowest BCUT2D eigenvalue weighted by Gasteiger charge is -2.21. The van der Waals surface area contributed by atoms with E-state index in [0.29, 0.717) is 25.7 Å². The zero-order chi connectivity index (χ0) is 76.2. The van der Waals surface area contributed by atoms with E-state index in [0.717, 1.165) is 115 Å². The predicted molar refractivity (Wildman–Crippen MR) is 428 cm³/mol. The molecular weight excluding hydrogens is 1350 g/mol. The molecule has 0 saturated heterocycles. The molecule has 19 heteroatoms. The fourth-order valence-corrected chi connectivity index (χ4v) is 14.3. The molecule has 0 heterocycles. The van der Waals surface area contributed by atoms with E-state index in [1.165, 1.54) is 238 Å². The van der Waals surface area contributed by atoms with Crippen LogP contribution in [0.4, 0.5) is 0 Å². The fourth-order valence-electron chi connectivity index (χ4n) is 12.8. The van der Waals surface area contributed by atoms with E-state index in [9.17, 15) is 43.2 Å². The van der Waals surface area contributed by atoms with E-state index in [-0.39, 0.29) is 25.7 Å². The van der Waals surface area contributed by atoms with E-state index < -0.39 is 97.5 Å². The first-order valence-corrected chi connectivity index (χ1v) is 46.4. The topological polar surface area (TPSA) is 237 Å². The van der Waals surface area contributed by atoms with Crippen LogP contribution in [-0.4, -0.2) is 96.7 Å². The van der Waals surface area contributed by atoms with Gasteiger partial charge in [0.05, 0.1) is 26.4 Å². The van der Waals surface area contributed by atoms with Gasteiger partial charge in [0.15, 0.2) is 12.2 Å². The number of esters is 4. The molecule has 0 aromatic rings. The third kappa shape index (κ3) is 77.7. The molecule has 5 atom stereocenters. The van der Waals surface area contributed by atoms with Crippen molar-refractivity contribution in [3.63, 3.8) is 0 Å². The third-order valence-corrected chi connectivity index (χ3v) is 21.3. The van der Waals surface area contributed by atoms with Crippen LogP contribution >= 0.6 is 15.6 Å². The third-order valence-electron chi connectivity index (χ3n) is 19.4. The molecule has 0 aliphatic carbocycles. The molecule has 0 spiro atoms. The second-order valence-electron chi connectivity index (χ2n) is 30.4. The number of unbranched alkanes of at least 4 members (excludes halogenated alkanes) is 52. The summed E-state index contributed by atoms with van der Waals surface area (Å²) in [6, 6.07) is 0. The number of carbonyl (C=O) groups is 4. The summed E-state index contributed by atoms with van der Waals surface area (Å²) in [6.07, 6.45) is 73.0. The van der Waals surface area contributed by atoms with Crippen molar-refractivity contribution in [3.05, 3.63) is 24.3 Å². The smallest absolute Gasteiger partial charge is 0.462 e. The average molecular weight is 1520 g/mol. The van der Waals surface area contributed by atoms with Gasteiger partial charge in [0, 0.05) is 25.7 Å². The minimum absolute atomic E-state index is 0.102. The molecule has 0 rings (SSSR count). The maximum absolute atomic E-state index is 13.1. The number of hydrogen-bond donors (Lipinski definition) is 3. The first kappa shape index (κ1) is 102. The zero-order valence-corrected chi connectivity index (χ0v) is 69.4. The number of aliphatic hydroxyl groups excluding tert-OH is 1. The van der Waals surface area contributed by atoms with Gasteiger partial charge in [-0.15, -0.1) is 0 Å². The maximum Gasteiger partial charge on any atom is 0.472 e. The second-order valence-corrected chi connectivity index (χ2v) is 33.3. The van der Waals surface area contributed by atoms with E-state index in [1.54, 1.807) is 0 Å². The van der Waals surface area contributed by atoms with Crippen LogP contribution in [0.15, 0.2) is 24.3 Å². The highest BCUT2D eigenvalue weighted by molar-refractivity contribution is 7.47. The number of aliphatic hydroxyl groups is 1. The van der Waals surface area contributed by atoms with Gasteiger partial charge in [-0.25, -0.2) is 9.13 Å². The monoisotopic (exact) mass is 1520 g/mol. The van der Waals surface area contributed by atoms with E-state index in [2.05, 4.69) is 58.9 Å². The quantitative estimate of drug-likeness (QED) is 0.0169. The van der Waals surface area contributed by atoms with Gasteiger partial charge in [-0.1, -0.05) is 380 Å². The highest BCUT2D eigenvalue weighted by Gasteiger charge is 2.30. The predicted octanol–water partition coefficient (Wildman–Crippen LogP) is 25.5. The Kier molecular flexibility index (Phi) is 75.4. The van der Waals surface area contributed by atoms with Crippen LogP contribution in [0.3, 0.4) is 0 Å². The summed E-state index contributed by atoms with van der Waals surface area (Å²) in [7, 11) is -9.94. The van der Waals surface area contributed by atoms with Gasteiger partial charge in [0.1, 0.15) is 19.3 Å². The Morgan fingerprint density at radius 1 is 0.298 bits per heavy atom. The lowest BCUT2D eigenvalue weighted by Crippen LogP contribution is -2.30. The Hall–Kier alpha value is -2.46. The molecule has 614 valence electrons. The van der Waals surface area contributed by atoms with Crippen molar-refractivity contribution in [1.29, 1.82) is 0 Å². The van der Waals surface area contributed by atoms with Gasteiger partial charge in [0.2, 0.25) is 0 Å². The molecule has 0 aliphatic heterocycles. The first-order valence-electron chi connectivity index (χ1n) is 43.5. The number of hydrogen-bond acceptors (Lipinski definition) is 15. The normalized spacial score (nSPS) is 13.9. The Morgan fingerprint density at radius 3 is 0.788 bits per heavy atom. The molecule has 104 heavy (non-hydrogen) atoms. The molecule has 0 saturated carbocycles. The van der Waals surface area contributed by atoms with Gasteiger partial charge in [-0.05, 0) is 57.3 Å². The lowest BCUT2D eigenvalue weighted by atomic mass is 10.0. The maximum atomic E-state index is 13.1. The Balaban J connectivity index is 5.26.